The van der Waals surface area contributed by atoms with Gasteiger partial charge in [-0.25, -0.2) is 0 Å². The highest BCUT2D eigenvalue weighted by Crippen LogP contribution is 2.33. The summed E-state index contributed by atoms with van der Waals surface area (Å²) in [4.78, 5) is 26.0. The van der Waals surface area contributed by atoms with E-state index in [1.807, 2.05) is 4.90 Å². The minimum atomic E-state index is -0.250. The molecule has 1 saturated heterocycles. The number of carbonyl (C=O) groups is 2. The lowest BCUT2D eigenvalue weighted by Crippen LogP contribution is -2.43. The van der Waals surface area contributed by atoms with Crippen LogP contribution in [-0.2, 0) is 14.3 Å². The molecule has 0 bridgehead atoms. The van der Waals surface area contributed by atoms with Crippen molar-refractivity contribution >= 4 is 11.9 Å². The SMILES string of the molecule is CCC(C)C1NC(C2CCCC2)N(CCC(=O)OC)C1=O. The Bertz CT molecular complexity index is 380. The van der Waals surface area contributed by atoms with Crippen LogP contribution < -0.4 is 5.32 Å². The number of methoxy groups -OCH3 is 1. The summed E-state index contributed by atoms with van der Waals surface area (Å²) in [7, 11) is 1.39. The fourth-order valence-electron chi connectivity index (χ4n) is 3.53. The number of hydrogen-bond donors (Lipinski definition) is 1. The zero-order valence-corrected chi connectivity index (χ0v) is 13.4. The summed E-state index contributed by atoms with van der Waals surface area (Å²) >= 11 is 0. The van der Waals surface area contributed by atoms with E-state index in [2.05, 4.69) is 19.2 Å². The van der Waals surface area contributed by atoms with Gasteiger partial charge < -0.3 is 9.64 Å². The molecule has 0 aromatic heterocycles. The largest absolute Gasteiger partial charge is 0.469 e. The van der Waals surface area contributed by atoms with Crippen molar-refractivity contribution in [3.8, 4) is 0 Å². The average molecular weight is 296 g/mol. The summed E-state index contributed by atoms with van der Waals surface area (Å²) in [6.07, 6.45) is 6.20. The molecule has 0 spiro atoms. The zero-order chi connectivity index (χ0) is 15.4. The maximum absolute atomic E-state index is 12.7. The molecule has 1 saturated carbocycles. The van der Waals surface area contributed by atoms with Crippen molar-refractivity contribution in [3.63, 3.8) is 0 Å². The van der Waals surface area contributed by atoms with E-state index in [4.69, 9.17) is 4.74 Å². The molecule has 1 heterocycles. The molecule has 1 aliphatic heterocycles. The Morgan fingerprint density at radius 1 is 1.43 bits per heavy atom. The second-order valence-corrected chi connectivity index (χ2v) is 6.38. The molecule has 2 fully saturated rings. The Balaban J connectivity index is 2.07. The molecule has 3 unspecified atom stereocenters. The Kier molecular flexibility index (Phi) is 5.62. The molecule has 1 amide bonds. The molecule has 2 rings (SSSR count). The highest BCUT2D eigenvalue weighted by atomic mass is 16.5. The summed E-state index contributed by atoms with van der Waals surface area (Å²) < 4.78 is 4.70. The number of esters is 1. The van der Waals surface area contributed by atoms with Crippen LogP contribution in [0.5, 0.6) is 0 Å². The molecular weight excluding hydrogens is 268 g/mol. The maximum atomic E-state index is 12.7. The summed E-state index contributed by atoms with van der Waals surface area (Å²) in [5.74, 6) is 0.760. The number of nitrogens with zero attached hydrogens (tertiary/aromatic N) is 1. The second kappa shape index (κ2) is 7.25. The van der Waals surface area contributed by atoms with Gasteiger partial charge in [-0.05, 0) is 24.7 Å². The van der Waals surface area contributed by atoms with E-state index in [1.165, 1.54) is 32.8 Å². The highest BCUT2D eigenvalue weighted by molar-refractivity contribution is 5.85. The Morgan fingerprint density at radius 3 is 2.67 bits per heavy atom. The van der Waals surface area contributed by atoms with E-state index in [1.54, 1.807) is 0 Å². The van der Waals surface area contributed by atoms with Crippen LogP contribution in [0.25, 0.3) is 0 Å². The number of nitrogens with one attached hydrogen (secondary N) is 1. The summed E-state index contributed by atoms with van der Waals surface area (Å²) in [5.41, 5.74) is 0. The third-order valence-electron chi connectivity index (χ3n) is 5.08. The summed E-state index contributed by atoms with van der Waals surface area (Å²) in [6, 6.07) is -0.0988. The Morgan fingerprint density at radius 2 is 2.10 bits per heavy atom. The van der Waals surface area contributed by atoms with Crippen LogP contribution in [0.3, 0.4) is 0 Å². The van der Waals surface area contributed by atoms with Crippen molar-refractivity contribution in [1.29, 1.82) is 0 Å². The van der Waals surface area contributed by atoms with E-state index in [-0.39, 0.29) is 30.5 Å². The molecule has 0 radical (unpaired) electrons. The molecule has 1 N–H and O–H groups in total. The monoisotopic (exact) mass is 296 g/mol. The number of hydrogen-bond acceptors (Lipinski definition) is 4. The standard InChI is InChI=1S/C16H28N2O3/c1-4-11(2)14-16(20)18(10-9-13(19)21-3)15(17-14)12-7-5-6-8-12/h11-12,14-15,17H,4-10H2,1-3H3. The van der Waals surface area contributed by atoms with Gasteiger partial charge >= 0.3 is 5.97 Å². The molecule has 5 nitrogen and oxygen atoms in total. The van der Waals surface area contributed by atoms with Crippen LogP contribution in [0, 0.1) is 11.8 Å². The highest BCUT2D eigenvalue weighted by Gasteiger charge is 2.44. The quantitative estimate of drug-likeness (QED) is 0.761. The van der Waals surface area contributed by atoms with Crippen LogP contribution in [0.2, 0.25) is 0 Å². The number of amides is 1. The van der Waals surface area contributed by atoms with E-state index in [0.29, 0.717) is 18.4 Å². The normalized spacial score (nSPS) is 28.1. The molecule has 0 aromatic rings. The van der Waals surface area contributed by atoms with Crippen molar-refractivity contribution < 1.29 is 14.3 Å². The average Bonchev–Trinajstić information content (AvgIpc) is 3.12. The van der Waals surface area contributed by atoms with Crippen LogP contribution in [0.1, 0.15) is 52.4 Å². The van der Waals surface area contributed by atoms with Gasteiger partial charge in [0.05, 0.1) is 25.7 Å². The molecule has 2 aliphatic rings. The van der Waals surface area contributed by atoms with Gasteiger partial charge in [-0.3, -0.25) is 14.9 Å². The Hall–Kier alpha value is -1.10. The summed E-state index contributed by atoms with van der Waals surface area (Å²) in [5, 5.41) is 3.55. The molecule has 0 aromatic carbocycles. The van der Waals surface area contributed by atoms with E-state index >= 15 is 0 Å². The third kappa shape index (κ3) is 3.57. The van der Waals surface area contributed by atoms with Gasteiger partial charge in [-0.1, -0.05) is 33.1 Å². The van der Waals surface area contributed by atoms with Gasteiger partial charge in [0.1, 0.15) is 0 Å². The predicted molar refractivity (Wildman–Crippen MR) is 80.5 cm³/mol. The van der Waals surface area contributed by atoms with Crippen LogP contribution in [-0.4, -0.2) is 42.6 Å². The van der Waals surface area contributed by atoms with Gasteiger partial charge in [0, 0.05) is 6.54 Å². The molecule has 21 heavy (non-hydrogen) atoms. The third-order valence-corrected chi connectivity index (χ3v) is 5.08. The van der Waals surface area contributed by atoms with Gasteiger partial charge in [0.25, 0.3) is 0 Å². The van der Waals surface area contributed by atoms with Crippen LogP contribution in [0.4, 0.5) is 0 Å². The van der Waals surface area contributed by atoms with Crippen molar-refractivity contribution in [2.75, 3.05) is 13.7 Å². The Labute approximate surface area is 127 Å². The first-order valence-corrected chi connectivity index (χ1v) is 8.21. The van der Waals surface area contributed by atoms with Gasteiger partial charge in [0.15, 0.2) is 0 Å². The molecule has 3 atom stereocenters. The lowest BCUT2D eigenvalue weighted by atomic mass is 9.99. The first-order valence-electron chi connectivity index (χ1n) is 8.21. The number of ether oxygens (including phenoxy) is 1. The van der Waals surface area contributed by atoms with Gasteiger partial charge in [-0.2, -0.15) is 0 Å². The maximum Gasteiger partial charge on any atom is 0.307 e. The van der Waals surface area contributed by atoms with Gasteiger partial charge in [-0.15, -0.1) is 0 Å². The molecule has 120 valence electrons. The van der Waals surface area contributed by atoms with E-state index in [0.717, 1.165) is 6.42 Å². The minimum Gasteiger partial charge on any atom is -0.469 e. The number of carbonyl (C=O) groups excluding carboxylic acids is 2. The topological polar surface area (TPSA) is 58.6 Å². The van der Waals surface area contributed by atoms with Crippen LogP contribution >= 0.6 is 0 Å². The fraction of sp³-hybridized carbons (Fsp3) is 0.875. The van der Waals surface area contributed by atoms with E-state index in [9.17, 15) is 9.59 Å². The van der Waals surface area contributed by atoms with Crippen LogP contribution in [0.15, 0.2) is 0 Å². The molecule has 5 heteroatoms. The lowest BCUT2D eigenvalue weighted by Gasteiger charge is -2.28. The van der Waals surface area contributed by atoms with Crippen molar-refractivity contribution in [1.82, 2.24) is 10.2 Å². The molecule has 1 aliphatic carbocycles. The lowest BCUT2D eigenvalue weighted by molar-refractivity contribution is -0.141. The summed E-state index contributed by atoms with van der Waals surface area (Å²) in [6.45, 7) is 4.69. The zero-order valence-electron chi connectivity index (χ0n) is 13.4. The smallest absolute Gasteiger partial charge is 0.307 e. The van der Waals surface area contributed by atoms with Crippen molar-refractivity contribution in [3.05, 3.63) is 0 Å². The first kappa shape index (κ1) is 16.3. The fourth-order valence-corrected chi connectivity index (χ4v) is 3.53. The number of rotatable bonds is 6. The van der Waals surface area contributed by atoms with Crippen molar-refractivity contribution in [2.24, 2.45) is 11.8 Å². The van der Waals surface area contributed by atoms with E-state index < -0.39 is 0 Å². The van der Waals surface area contributed by atoms with Gasteiger partial charge in [0.2, 0.25) is 5.91 Å². The first-order chi connectivity index (χ1) is 10.1. The second-order valence-electron chi connectivity index (χ2n) is 6.38. The minimum absolute atomic E-state index is 0.0988. The van der Waals surface area contributed by atoms with Crippen molar-refractivity contribution in [2.45, 2.75) is 64.6 Å². The predicted octanol–water partition coefficient (Wildman–Crippen LogP) is 1.91. The molecular formula is C16H28N2O3.